The number of rotatable bonds is 6. The molecule has 0 spiro atoms. The van der Waals surface area contributed by atoms with Crippen molar-refractivity contribution in [1.29, 1.82) is 0 Å². The van der Waals surface area contributed by atoms with Crippen molar-refractivity contribution in [3.63, 3.8) is 0 Å². The smallest absolute Gasteiger partial charge is 0.0502 e. The number of methoxy groups -OCH3 is 1. The number of nitrogens with one attached hydrogen (secondary N) is 1. The third-order valence-electron chi connectivity index (χ3n) is 3.73. The maximum absolute atomic E-state index is 5.10. The second-order valence-electron chi connectivity index (χ2n) is 5.07. The standard InChI is InChI=1S/C18H23NO/c1-14(19-2)16-8-10-18(11-9-16)17-6-4-15(5-7-17)12-13-20-3/h4-11,14,19H,12-13H2,1-3H3. The van der Waals surface area contributed by atoms with Gasteiger partial charge in [-0.1, -0.05) is 48.5 Å². The third kappa shape index (κ3) is 3.69. The van der Waals surface area contributed by atoms with Gasteiger partial charge in [-0.25, -0.2) is 0 Å². The lowest BCUT2D eigenvalue weighted by molar-refractivity contribution is 0.202. The average molecular weight is 269 g/mol. The highest BCUT2D eigenvalue weighted by Gasteiger charge is 2.03. The summed E-state index contributed by atoms with van der Waals surface area (Å²) < 4.78 is 5.10. The Morgan fingerprint density at radius 3 is 2.00 bits per heavy atom. The minimum absolute atomic E-state index is 0.389. The third-order valence-corrected chi connectivity index (χ3v) is 3.73. The number of hydrogen-bond acceptors (Lipinski definition) is 2. The van der Waals surface area contributed by atoms with Gasteiger partial charge in [-0.05, 0) is 42.6 Å². The van der Waals surface area contributed by atoms with E-state index in [0.717, 1.165) is 13.0 Å². The predicted octanol–water partition coefficient (Wildman–Crippen LogP) is 3.82. The van der Waals surface area contributed by atoms with E-state index < -0.39 is 0 Å². The van der Waals surface area contributed by atoms with Crippen LogP contribution in [-0.2, 0) is 11.2 Å². The first-order chi connectivity index (χ1) is 9.74. The molecule has 2 aromatic rings. The zero-order valence-corrected chi connectivity index (χ0v) is 12.5. The molecule has 0 aliphatic heterocycles. The van der Waals surface area contributed by atoms with E-state index >= 15 is 0 Å². The molecule has 2 nitrogen and oxygen atoms in total. The van der Waals surface area contributed by atoms with E-state index in [0.29, 0.717) is 6.04 Å². The van der Waals surface area contributed by atoms with E-state index in [2.05, 4.69) is 60.8 Å². The van der Waals surface area contributed by atoms with Crippen LogP contribution in [0.25, 0.3) is 11.1 Å². The van der Waals surface area contributed by atoms with Crippen LogP contribution in [0.2, 0.25) is 0 Å². The Morgan fingerprint density at radius 1 is 0.950 bits per heavy atom. The molecule has 0 bridgehead atoms. The highest BCUT2D eigenvalue weighted by molar-refractivity contribution is 5.64. The normalized spacial score (nSPS) is 12.3. The maximum Gasteiger partial charge on any atom is 0.0502 e. The molecular weight excluding hydrogens is 246 g/mol. The van der Waals surface area contributed by atoms with Crippen molar-refractivity contribution in [2.45, 2.75) is 19.4 Å². The Balaban J connectivity index is 2.11. The van der Waals surface area contributed by atoms with Gasteiger partial charge in [-0.3, -0.25) is 0 Å². The van der Waals surface area contributed by atoms with E-state index in [1.165, 1.54) is 22.3 Å². The van der Waals surface area contributed by atoms with Crippen LogP contribution in [0.4, 0.5) is 0 Å². The van der Waals surface area contributed by atoms with E-state index in [4.69, 9.17) is 4.74 Å². The molecule has 0 amide bonds. The monoisotopic (exact) mass is 269 g/mol. The van der Waals surface area contributed by atoms with E-state index in [1.807, 2.05) is 7.05 Å². The quantitative estimate of drug-likeness (QED) is 0.860. The minimum atomic E-state index is 0.389. The zero-order chi connectivity index (χ0) is 14.4. The molecule has 0 aliphatic carbocycles. The van der Waals surface area contributed by atoms with Gasteiger partial charge in [0.1, 0.15) is 0 Å². The van der Waals surface area contributed by atoms with Gasteiger partial charge in [0.2, 0.25) is 0 Å². The number of ether oxygens (including phenoxy) is 1. The summed E-state index contributed by atoms with van der Waals surface area (Å²) in [6.45, 7) is 2.94. The van der Waals surface area contributed by atoms with Crippen molar-refractivity contribution >= 4 is 0 Å². The zero-order valence-electron chi connectivity index (χ0n) is 12.5. The largest absolute Gasteiger partial charge is 0.384 e. The molecule has 2 aromatic carbocycles. The summed E-state index contributed by atoms with van der Waals surface area (Å²) in [7, 11) is 3.72. The predicted molar refractivity (Wildman–Crippen MR) is 84.9 cm³/mol. The fourth-order valence-electron chi connectivity index (χ4n) is 2.21. The van der Waals surface area contributed by atoms with Crippen LogP contribution in [0.1, 0.15) is 24.1 Å². The van der Waals surface area contributed by atoms with Gasteiger partial charge in [0.15, 0.2) is 0 Å². The number of benzene rings is 2. The Bertz CT molecular complexity index is 516. The molecule has 1 N–H and O–H groups in total. The molecule has 0 aromatic heterocycles. The average Bonchev–Trinajstić information content (AvgIpc) is 2.53. The molecule has 0 saturated carbocycles. The lowest BCUT2D eigenvalue weighted by Gasteiger charge is -2.11. The van der Waals surface area contributed by atoms with E-state index in [1.54, 1.807) is 7.11 Å². The first-order valence-electron chi connectivity index (χ1n) is 7.10. The molecule has 0 fully saturated rings. The van der Waals surface area contributed by atoms with Crippen LogP contribution in [-0.4, -0.2) is 20.8 Å². The van der Waals surface area contributed by atoms with Gasteiger partial charge < -0.3 is 10.1 Å². The van der Waals surface area contributed by atoms with Gasteiger partial charge in [0, 0.05) is 13.2 Å². The summed E-state index contributed by atoms with van der Waals surface area (Å²) in [5.41, 5.74) is 5.15. The summed E-state index contributed by atoms with van der Waals surface area (Å²) in [6, 6.07) is 17.9. The van der Waals surface area contributed by atoms with Crippen LogP contribution in [0.15, 0.2) is 48.5 Å². The lowest BCUT2D eigenvalue weighted by Crippen LogP contribution is -2.11. The van der Waals surface area contributed by atoms with Crippen molar-refractivity contribution < 1.29 is 4.74 Å². The van der Waals surface area contributed by atoms with E-state index in [9.17, 15) is 0 Å². The minimum Gasteiger partial charge on any atom is -0.384 e. The lowest BCUT2D eigenvalue weighted by atomic mass is 10.00. The summed E-state index contributed by atoms with van der Waals surface area (Å²) >= 11 is 0. The van der Waals surface area contributed by atoms with Crippen molar-refractivity contribution in [2.75, 3.05) is 20.8 Å². The van der Waals surface area contributed by atoms with Crippen molar-refractivity contribution in [3.8, 4) is 11.1 Å². The Kier molecular flexibility index (Phi) is 5.33. The molecule has 0 saturated heterocycles. The molecule has 2 heteroatoms. The first-order valence-corrected chi connectivity index (χ1v) is 7.10. The Morgan fingerprint density at radius 2 is 1.50 bits per heavy atom. The van der Waals surface area contributed by atoms with Gasteiger partial charge in [0.05, 0.1) is 6.61 Å². The fraction of sp³-hybridized carbons (Fsp3) is 0.333. The molecule has 0 aliphatic rings. The highest BCUT2D eigenvalue weighted by Crippen LogP contribution is 2.22. The second-order valence-corrected chi connectivity index (χ2v) is 5.07. The summed E-state index contributed by atoms with van der Waals surface area (Å²) in [6.07, 6.45) is 0.968. The molecule has 1 atom stereocenters. The van der Waals surface area contributed by atoms with E-state index in [-0.39, 0.29) is 0 Å². The van der Waals surface area contributed by atoms with Crippen molar-refractivity contribution in [1.82, 2.24) is 5.32 Å². The second kappa shape index (κ2) is 7.22. The highest BCUT2D eigenvalue weighted by atomic mass is 16.5. The Hall–Kier alpha value is -1.64. The Labute approximate surface area is 121 Å². The summed E-state index contributed by atoms with van der Waals surface area (Å²) in [5, 5.41) is 3.26. The van der Waals surface area contributed by atoms with Crippen molar-refractivity contribution in [3.05, 3.63) is 59.7 Å². The topological polar surface area (TPSA) is 21.3 Å². The molecule has 2 rings (SSSR count). The summed E-state index contributed by atoms with van der Waals surface area (Å²) in [4.78, 5) is 0. The van der Waals surface area contributed by atoms with Crippen LogP contribution >= 0.6 is 0 Å². The summed E-state index contributed by atoms with van der Waals surface area (Å²) in [5.74, 6) is 0. The van der Waals surface area contributed by atoms with Gasteiger partial charge >= 0.3 is 0 Å². The fourth-order valence-corrected chi connectivity index (χ4v) is 2.21. The first kappa shape index (κ1) is 14.8. The van der Waals surface area contributed by atoms with Crippen LogP contribution < -0.4 is 5.32 Å². The molecule has 106 valence electrons. The molecule has 20 heavy (non-hydrogen) atoms. The van der Waals surface area contributed by atoms with Gasteiger partial charge in [-0.15, -0.1) is 0 Å². The SMILES string of the molecule is CNC(C)c1ccc(-c2ccc(CCOC)cc2)cc1. The van der Waals surface area contributed by atoms with Crippen LogP contribution in [0, 0.1) is 0 Å². The van der Waals surface area contributed by atoms with Crippen molar-refractivity contribution in [2.24, 2.45) is 0 Å². The van der Waals surface area contributed by atoms with Gasteiger partial charge in [-0.2, -0.15) is 0 Å². The maximum atomic E-state index is 5.10. The number of hydrogen-bond donors (Lipinski definition) is 1. The molecule has 0 radical (unpaired) electrons. The molecule has 1 unspecified atom stereocenters. The van der Waals surface area contributed by atoms with Crippen LogP contribution in [0.3, 0.4) is 0 Å². The molecule has 0 heterocycles. The molecular formula is C18H23NO. The van der Waals surface area contributed by atoms with Crippen LogP contribution in [0.5, 0.6) is 0 Å². The van der Waals surface area contributed by atoms with Gasteiger partial charge in [0.25, 0.3) is 0 Å².